The molecule has 2 unspecified atom stereocenters. The molecule has 1 aromatic heterocycles. The predicted molar refractivity (Wildman–Crippen MR) is 148 cm³/mol. The van der Waals surface area contributed by atoms with E-state index in [9.17, 15) is 9.59 Å². The van der Waals surface area contributed by atoms with Gasteiger partial charge in [0.15, 0.2) is 0 Å². The number of hydrogen-bond donors (Lipinski definition) is 3. The van der Waals surface area contributed by atoms with Crippen LogP contribution >= 0.6 is 0 Å². The molecule has 196 valence electrons. The molecule has 1 fully saturated rings. The first-order valence-corrected chi connectivity index (χ1v) is 13.0. The average Bonchev–Trinajstić information content (AvgIpc) is 2.84. The van der Waals surface area contributed by atoms with E-state index in [-0.39, 0.29) is 18.4 Å². The highest BCUT2D eigenvalue weighted by Gasteiger charge is 2.24. The second kappa shape index (κ2) is 14.5. The second-order valence-electron chi connectivity index (χ2n) is 10.1. The van der Waals surface area contributed by atoms with Crippen LogP contribution in [-0.2, 0) is 11.2 Å². The molecular formula is C29H43N5O2. The zero-order valence-corrected chi connectivity index (χ0v) is 22.7. The van der Waals surface area contributed by atoms with E-state index >= 15 is 0 Å². The van der Waals surface area contributed by atoms with E-state index in [1.807, 2.05) is 42.3 Å². The van der Waals surface area contributed by atoms with Crippen LogP contribution in [0.4, 0.5) is 5.69 Å². The van der Waals surface area contributed by atoms with Crippen molar-refractivity contribution in [2.45, 2.75) is 66.3 Å². The Labute approximate surface area is 216 Å². The first kappa shape index (κ1) is 29.2. The molecule has 2 aromatic rings. The molecule has 0 spiro atoms. The van der Waals surface area contributed by atoms with Gasteiger partial charge in [-0.2, -0.15) is 0 Å². The summed E-state index contributed by atoms with van der Waals surface area (Å²) in [7, 11) is 2.02. The molecule has 0 radical (unpaired) electrons. The van der Waals surface area contributed by atoms with Crippen LogP contribution in [0.5, 0.6) is 0 Å². The first-order valence-electron chi connectivity index (χ1n) is 13.0. The van der Waals surface area contributed by atoms with E-state index in [1.165, 1.54) is 12.6 Å². The Kier molecular flexibility index (Phi) is 11.7. The number of carbonyl (C=O) groups is 2. The van der Waals surface area contributed by atoms with Crippen molar-refractivity contribution in [2.24, 2.45) is 11.8 Å². The van der Waals surface area contributed by atoms with E-state index in [2.05, 4.69) is 43.3 Å². The number of piperidine rings is 1. The van der Waals surface area contributed by atoms with Crippen molar-refractivity contribution in [3.63, 3.8) is 0 Å². The molecule has 1 aliphatic heterocycles. The van der Waals surface area contributed by atoms with Gasteiger partial charge in [0.25, 0.3) is 5.91 Å². The summed E-state index contributed by atoms with van der Waals surface area (Å²) in [5.74, 6) is 1.19. The van der Waals surface area contributed by atoms with E-state index in [0.29, 0.717) is 36.1 Å². The highest BCUT2D eigenvalue weighted by molar-refractivity contribution is 5.96. The van der Waals surface area contributed by atoms with Crippen molar-refractivity contribution in [2.75, 3.05) is 25.0 Å². The molecule has 7 nitrogen and oxygen atoms in total. The zero-order valence-electron chi connectivity index (χ0n) is 22.7. The van der Waals surface area contributed by atoms with Crippen LogP contribution in [-0.4, -0.2) is 48.7 Å². The third-order valence-corrected chi connectivity index (χ3v) is 6.51. The topological polar surface area (TPSA) is 98.2 Å². The number of pyridine rings is 1. The Morgan fingerprint density at radius 2 is 1.89 bits per heavy atom. The molecule has 2 heterocycles. The summed E-state index contributed by atoms with van der Waals surface area (Å²) in [6, 6.07) is 10.5. The minimum Gasteiger partial charge on any atom is -0.347 e. The van der Waals surface area contributed by atoms with Crippen LogP contribution < -0.4 is 15.5 Å². The highest BCUT2D eigenvalue weighted by atomic mass is 16.2. The third-order valence-electron chi connectivity index (χ3n) is 6.51. The minimum atomic E-state index is -0.228. The van der Waals surface area contributed by atoms with Crippen LogP contribution in [0.1, 0.15) is 75.4 Å². The number of hydrogen-bond acceptors (Lipinski definition) is 5. The summed E-state index contributed by atoms with van der Waals surface area (Å²) < 4.78 is 0. The van der Waals surface area contributed by atoms with Gasteiger partial charge < -0.3 is 20.9 Å². The molecule has 36 heavy (non-hydrogen) atoms. The van der Waals surface area contributed by atoms with Gasteiger partial charge >= 0.3 is 0 Å². The largest absolute Gasteiger partial charge is 0.347 e. The van der Waals surface area contributed by atoms with Crippen LogP contribution in [0.2, 0.25) is 0 Å². The molecule has 0 aliphatic carbocycles. The van der Waals surface area contributed by atoms with Gasteiger partial charge in [0.2, 0.25) is 5.91 Å². The highest BCUT2D eigenvalue weighted by Crippen LogP contribution is 2.24. The van der Waals surface area contributed by atoms with Crippen molar-refractivity contribution in [1.82, 2.24) is 15.6 Å². The van der Waals surface area contributed by atoms with Crippen LogP contribution in [0, 0.1) is 17.2 Å². The first-order chi connectivity index (χ1) is 17.1. The summed E-state index contributed by atoms with van der Waals surface area (Å²) in [6.07, 6.45) is 6.81. The lowest BCUT2D eigenvalue weighted by Crippen LogP contribution is -2.38. The predicted octanol–water partition coefficient (Wildman–Crippen LogP) is 4.85. The maximum Gasteiger partial charge on any atom is 0.253 e. The summed E-state index contributed by atoms with van der Waals surface area (Å²) in [4.78, 5) is 30.4. The maximum absolute atomic E-state index is 12.2. The molecule has 3 rings (SSSR count). The van der Waals surface area contributed by atoms with Gasteiger partial charge in [-0.25, -0.2) is 0 Å². The zero-order chi connectivity index (χ0) is 26.7. The van der Waals surface area contributed by atoms with E-state index in [1.54, 1.807) is 13.1 Å². The third kappa shape index (κ3) is 9.19. The Hall–Kier alpha value is -3.06. The van der Waals surface area contributed by atoms with E-state index in [4.69, 9.17) is 5.41 Å². The molecule has 0 bridgehead atoms. The number of amides is 2. The van der Waals surface area contributed by atoms with Crippen molar-refractivity contribution in [3.05, 3.63) is 59.4 Å². The molecule has 2 atom stereocenters. The molecule has 1 aromatic carbocycles. The molecule has 3 N–H and O–H groups in total. The quantitative estimate of drug-likeness (QED) is 0.435. The van der Waals surface area contributed by atoms with Crippen LogP contribution in [0.25, 0.3) is 0 Å². The number of benzene rings is 1. The van der Waals surface area contributed by atoms with Crippen LogP contribution in [0.15, 0.2) is 42.7 Å². The van der Waals surface area contributed by atoms with Crippen molar-refractivity contribution >= 4 is 23.2 Å². The van der Waals surface area contributed by atoms with E-state index < -0.39 is 0 Å². The molecule has 2 amide bonds. The number of nitrogens with zero attached hydrogens (tertiary/aromatic N) is 2. The van der Waals surface area contributed by atoms with Gasteiger partial charge in [0.1, 0.15) is 0 Å². The lowest BCUT2D eigenvalue weighted by Gasteiger charge is -2.30. The number of carbonyl (C=O) groups excluding carboxylic acids is 2. The number of rotatable bonds is 9. The fraction of sp³-hybridized carbons (Fsp3) is 0.517. The Morgan fingerprint density at radius 3 is 2.42 bits per heavy atom. The standard InChI is InChI=1S/C22H26N4O2.C7H17N/c1-15-7-8-26(21(27)9-15)20-5-3-17(4-6-20)10-18-11-19(14-24-13-18)22(28)25-12-16(2)23;1-5-7(8-4)6(2)3/h3-6,11,13-15,23H,7-10,12H2,1-2H3,(H,25,28);6-8H,5H2,1-4H3. The normalized spacial score (nSPS) is 16.2. The summed E-state index contributed by atoms with van der Waals surface area (Å²) >= 11 is 0. The van der Waals surface area contributed by atoms with Crippen LogP contribution in [0.3, 0.4) is 0 Å². The number of aromatic nitrogens is 1. The lowest BCUT2D eigenvalue weighted by molar-refractivity contribution is -0.120. The molecule has 0 saturated carbocycles. The summed E-state index contributed by atoms with van der Waals surface area (Å²) in [5.41, 5.74) is 3.86. The Bertz CT molecular complexity index is 999. The van der Waals surface area contributed by atoms with Gasteiger partial charge in [0.05, 0.1) is 12.1 Å². The smallest absolute Gasteiger partial charge is 0.253 e. The summed E-state index contributed by atoms with van der Waals surface area (Å²) in [6.45, 7) is 11.5. The van der Waals surface area contributed by atoms with Gasteiger partial charge in [0, 0.05) is 42.8 Å². The fourth-order valence-electron chi connectivity index (χ4n) is 4.32. The average molecular weight is 494 g/mol. The van der Waals surface area contributed by atoms with Crippen molar-refractivity contribution in [1.29, 1.82) is 5.41 Å². The number of nitrogens with one attached hydrogen (secondary N) is 3. The van der Waals surface area contributed by atoms with Gasteiger partial charge in [-0.3, -0.25) is 14.6 Å². The Morgan fingerprint density at radius 1 is 1.19 bits per heavy atom. The Balaban J connectivity index is 0.000000493. The summed E-state index contributed by atoms with van der Waals surface area (Å²) in [5, 5.41) is 13.4. The van der Waals surface area contributed by atoms with Crippen molar-refractivity contribution < 1.29 is 9.59 Å². The molecular weight excluding hydrogens is 450 g/mol. The van der Waals surface area contributed by atoms with E-state index in [0.717, 1.165) is 35.7 Å². The van der Waals surface area contributed by atoms with Crippen molar-refractivity contribution in [3.8, 4) is 0 Å². The lowest BCUT2D eigenvalue weighted by atomic mass is 9.97. The number of anilines is 1. The monoisotopic (exact) mass is 493 g/mol. The maximum atomic E-state index is 12.2. The van der Waals surface area contributed by atoms with Gasteiger partial charge in [-0.1, -0.05) is 39.8 Å². The minimum absolute atomic E-state index is 0.189. The van der Waals surface area contributed by atoms with Gasteiger partial charge in [-0.05, 0) is 74.4 Å². The molecule has 7 heteroatoms. The van der Waals surface area contributed by atoms with Gasteiger partial charge in [-0.15, -0.1) is 0 Å². The SMILES string of the molecule is CC(=N)CNC(=O)c1cncc(Cc2ccc(N3CCC(C)CC3=O)cc2)c1.CCC(NC)C(C)C. The molecule has 1 saturated heterocycles. The molecule has 1 aliphatic rings. The second-order valence-corrected chi connectivity index (χ2v) is 10.1. The fourth-order valence-corrected chi connectivity index (χ4v) is 4.32.